The molecular weight excluding hydrogens is 292 g/mol. The van der Waals surface area contributed by atoms with E-state index in [0.29, 0.717) is 17.1 Å². The number of hydrogen-bond donors (Lipinski definition) is 0. The summed E-state index contributed by atoms with van der Waals surface area (Å²) < 4.78 is 6.87. The zero-order valence-corrected chi connectivity index (χ0v) is 12.5. The highest BCUT2D eigenvalue weighted by atomic mass is 79.9. The minimum absolute atomic E-state index is 0.302. The van der Waals surface area contributed by atoms with E-state index in [0.717, 1.165) is 29.4 Å². The molecule has 0 unspecified atom stereocenters. The predicted octanol–water partition coefficient (Wildman–Crippen LogP) is 4.61. The van der Waals surface area contributed by atoms with Crippen molar-refractivity contribution in [1.29, 1.82) is 0 Å². The molecule has 0 aromatic heterocycles. The molecule has 1 saturated carbocycles. The van der Waals surface area contributed by atoms with Crippen LogP contribution in [0.5, 0.6) is 5.75 Å². The predicted molar refractivity (Wildman–Crippen MR) is 76.2 cm³/mol. The second-order valence-corrected chi connectivity index (χ2v) is 6.64. The zero-order valence-electron chi connectivity index (χ0n) is 10.9. The molecule has 0 radical (unpaired) electrons. The molecule has 1 aliphatic carbocycles. The van der Waals surface area contributed by atoms with Crippen LogP contribution in [0.25, 0.3) is 0 Å². The molecule has 2 rings (SSSR count). The number of benzene rings is 1. The van der Waals surface area contributed by atoms with Gasteiger partial charge in [-0.25, -0.2) is 0 Å². The Morgan fingerprint density at radius 3 is 2.56 bits per heavy atom. The summed E-state index contributed by atoms with van der Waals surface area (Å²) in [5.41, 5.74) is 1.12. The van der Waals surface area contributed by atoms with Crippen LogP contribution in [-0.2, 0) is 0 Å². The minimum atomic E-state index is 0.302. The zero-order chi connectivity index (χ0) is 13.2. The van der Waals surface area contributed by atoms with Crippen molar-refractivity contribution in [2.24, 2.45) is 5.41 Å². The number of ether oxygens (including phenoxy) is 1. The maximum atomic E-state index is 10.7. The van der Waals surface area contributed by atoms with Gasteiger partial charge in [0, 0.05) is 5.56 Å². The lowest BCUT2D eigenvalue weighted by molar-refractivity contribution is 0.0981. The lowest BCUT2D eigenvalue weighted by Crippen LogP contribution is -2.28. The fourth-order valence-corrected chi connectivity index (χ4v) is 2.85. The molecule has 98 valence electrons. The van der Waals surface area contributed by atoms with Gasteiger partial charge >= 0.3 is 0 Å². The van der Waals surface area contributed by atoms with Crippen molar-refractivity contribution in [2.75, 3.05) is 0 Å². The van der Waals surface area contributed by atoms with E-state index in [-0.39, 0.29) is 0 Å². The van der Waals surface area contributed by atoms with Gasteiger partial charge in [-0.2, -0.15) is 0 Å². The van der Waals surface area contributed by atoms with Crippen LogP contribution in [0.4, 0.5) is 0 Å². The molecule has 0 N–H and O–H groups in total. The highest BCUT2D eigenvalue weighted by Crippen LogP contribution is 2.37. The molecule has 0 spiro atoms. The Balaban J connectivity index is 2.00. The third-order valence-corrected chi connectivity index (χ3v) is 4.29. The van der Waals surface area contributed by atoms with Crippen LogP contribution in [0.3, 0.4) is 0 Å². The molecule has 3 heteroatoms. The van der Waals surface area contributed by atoms with Gasteiger partial charge in [-0.15, -0.1) is 0 Å². The molecular formula is C15H19BrO2. The Kier molecular flexibility index (Phi) is 4.10. The fraction of sp³-hybridized carbons (Fsp3) is 0.533. The van der Waals surface area contributed by atoms with Crippen LogP contribution in [0.1, 0.15) is 49.9 Å². The van der Waals surface area contributed by atoms with Crippen LogP contribution >= 0.6 is 15.9 Å². The quantitative estimate of drug-likeness (QED) is 0.762. The highest BCUT2D eigenvalue weighted by molar-refractivity contribution is 9.10. The van der Waals surface area contributed by atoms with Gasteiger partial charge < -0.3 is 4.74 Å². The van der Waals surface area contributed by atoms with Crippen LogP contribution < -0.4 is 4.74 Å². The van der Waals surface area contributed by atoms with Gasteiger partial charge in [-0.3, -0.25) is 4.79 Å². The molecule has 18 heavy (non-hydrogen) atoms. The number of rotatable bonds is 3. The molecule has 1 aromatic carbocycles. The van der Waals surface area contributed by atoms with Gasteiger partial charge in [-0.05, 0) is 65.2 Å². The topological polar surface area (TPSA) is 26.3 Å². The largest absolute Gasteiger partial charge is 0.489 e. The summed E-state index contributed by atoms with van der Waals surface area (Å²) in [4.78, 5) is 10.7. The van der Waals surface area contributed by atoms with Crippen LogP contribution in [-0.4, -0.2) is 12.4 Å². The maximum Gasteiger partial charge on any atom is 0.150 e. The Morgan fingerprint density at radius 1 is 1.33 bits per heavy atom. The van der Waals surface area contributed by atoms with Gasteiger partial charge in [0.1, 0.15) is 12.0 Å². The van der Waals surface area contributed by atoms with Crippen LogP contribution in [0.15, 0.2) is 22.7 Å². The summed E-state index contributed by atoms with van der Waals surface area (Å²) >= 11 is 3.45. The summed E-state index contributed by atoms with van der Waals surface area (Å²) in [5, 5.41) is 0. The second kappa shape index (κ2) is 5.43. The van der Waals surface area contributed by atoms with Crippen molar-refractivity contribution in [1.82, 2.24) is 0 Å². The molecule has 0 amide bonds. The minimum Gasteiger partial charge on any atom is -0.489 e. The average Bonchev–Trinajstić information content (AvgIpc) is 2.34. The van der Waals surface area contributed by atoms with E-state index < -0.39 is 0 Å². The summed E-state index contributed by atoms with van der Waals surface area (Å²) in [6.07, 6.45) is 5.78. The van der Waals surface area contributed by atoms with Crippen LogP contribution in [0, 0.1) is 5.41 Å². The van der Waals surface area contributed by atoms with E-state index in [4.69, 9.17) is 4.74 Å². The molecule has 1 aromatic rings. The highest BCUT2D eigenvalue weighted by Gasteiger charge is 2.28. The number of carbonyl (C=O) groups is 1. The molecule has 0 aliphatic heterocycles. The summed E-state index contributed by atoms with van der Waals surface area (Å²) in [6.45, 7) is 4.63. The number of carbonyl (C=O) groups excluding carboxylic acids is 1. The fourth-order valence-electron chi connectivity index (χ4n) is 2.36. The number of hydrogen-bond acceptors (Lipinski definition) is 2. The van der Waals surface area contributed by atoms with E-state index in [1.54, 1.807) is 12.1 Å². The lowest BCUT2D eigenvalue weighted by Gasteiger charge is -2.34. The summed E-state index contributed by atoms with van der Waals surface area (Å²) in [6, 6.07) is 5.46. The first-order valence-corrected chi connectivity index (χ1v) is 7.21. The molecule has 1 aliphatic rings. The van der Waals surface area contributed by atoms with Crippen molar-refractivity contribution < 1.29 is 9.53 Å². The molecule has 0 saturated heterocycles. The third kappa shape index (κ3) is 3.35. The first-order chi connectivity index (χ1) is 8.50. The second-order valence-electron chi connectivity index (χ2n) is 5.79. The first kappa shape index (κ1) is 13.6. The molecule has 0 atom stereocenters. The Labute approximate surface area is 117 Å². The van der Waals surface area contributed by atoms with Crippen molar-refractivity contribution in [3.8, 4) is 5.75 Å². The summed E-state index contributed by atoms with van der Waals surface area (Å²) in [5.74, 6) is 0.838. The lowest BCUT2D eigenvalue weighted by atomic mass is 9.76. The monoisotopic (exact) mass is 310 g/mol. The molecule has 2 nitrogen and oxygen atoms in total. The first-order valence-electron chi connectivity index (χ1n) is 6.41. The van der Waals surface area contributed by atoms with Crippen molar-refractivity contribution >= 4 is 22.2 Å². The van der Waals surface area contributed by atoms with Gasteiger partial charge in [0.05, 0.1) is 10.6 Å². The van der Waals surface area contributed by atoms with Gasteiger partial charge in [0.2, 0.25) is 0 Å². The van der Waals surface area contributed by atoms with E-state index in [9.17, 15) is 4.79 Å². The van der Waals surface area contributed by atoms with E-state index in [1.807, 2.05) is 6.07 Å². The van der Waals surface area contributed by atoms with E-state index >= 15 is 0 Å². The Bertz CT molecular complexity index is 430. The third-order valence-electron chi connectivity index (χ3n) is 3.67. The molecule has 1 fully saturated rings. The van der Waals surface area contributed by atoms with Gasteiger partial charge in [-0.1, -0.05) is 13.8 Å². The summed E-state index contributed by atoms with van der Waals surface area (Å²) in [7, 11) is 0. The van der Waals surface area contributed by atoms with E-state index in [2.05, 4.69) is 29.8 Å². The normalized spacial score (nSPS) is 19.5. The Morgan fingerprint density at radius 2 is 2.00 bits per heavy atom. The number of halogens is 1. The smallest absolute Gasteiger partial charge is 0.150 e. The van der Waals surface area contributed by atoms with Crippen LogP contribution in [0.2, 0.25) is 0 Å². The molecule has 0 bridgehead atoms. The average molecular weight is 311 g/mol. The van der Waals surface area contributed by atoms with Gasteiger partial charge in [0.15, 0.2) is 0 Å². The van der Waals surface area contributed by atoms with Crippen molar-refractivity contribution in [2.45, 2.75) is 45.6 Å². The molecule has 0 heterocycles. The van der Waals surface area contributed by atoms with Crippen molar-refractivity contribution in [3.05, 3.63) is 28.2 Å². The number of aldehydes is 1. The van der Waals surface area contributed by atoms with E-state index in [1.165, 1.54) is 12.8 Å². The maximum absolute atomic E-state index is 10.7. The van der Waals surface area contributed by atoms with Crippen molar-refractivity contribution in [3.63, 3.8) is 0 Å². The standard InChI is InChI=1S/C15H19BrO2/c1-15(2)7-5-12(6-8-15)18-14-4-3-11(10-17)9-13(14)16/h3-4,9-10,12H,5-8H2,1-2H3. The van der Waals surface area contributed by atoms with Gasteiger partial charge in [0.25, 0.3) is 0 Å². The SMILES string of the molecule is CC1(C)CCC(Oc2ccc(C=O)cc2Br)CC1. The Hall–Kier alpha value is -0.830.